The van der Waals surface area contributed by atoms with Crippen molar-refractivity contribution in [3.05, 3.63) is 36.2 Å². The van der Waals surface area contributed by atoms with Gasteiger partial charge in [-0.15, -0.1) is 0 Å². The number of nitrogens with zero attached hydrogens (tertiary/aromatic N) is 1. The average Bonchev–Trinajstić information content (AvgIpc) is 2.66. The number of hydrogen-bond acceptors (Lipinski definition) is 4. The molecule has 0 bridgehead atoms. The molecule has 0 aliphatic carbocycles. The number of rotatable bonds is 3. The molecule has 2 aromatic rings. The van der Waals surface area contributed by atoms with Crippen LogP contribution in [0.1, 0.15) is 12.6 Å². The first-order valence-corrected chi connectivity index (χ1v) is 4.88. The number of Topliss-reactive ketones (excluding diaryl/α,β-unsaturated/α-hetero) is 1. The minimum atomic E-state index is 0.0468. The van der Waals surface area contributed by atoms with E-state index in [-0.39, 0.29) is 18.0 Å². The molecular formula is C12H11NO3. The number of phenolic OH excluding ortho intramolecular Hbond substituents is 1. The van der Waals surface area contributed by atoms with Crippen LogP contribution in [0.15, 0.2) is 34.9 Å². The lowest BCUT2D eigenvalue weighted by Crippen LogP contribution is -1.95. The Balaban J connectivity index is 2.24. The van der Waals surface area contributed by atoms with Crippen molar-refractivity contribution in [3.63, 3.8) is 0 Å². The van der Waals surface area contributed by atoms with Crippen molar-refractivity contribution in [2.75, 3.05) is 0 Å². The van der Waals surface area contributed by atoms with E-state index in [9.17, 15) is 4.79 Å². The van der Waals surface area contributed by atoms with E-state index >= 15 is 0 Å². The maximum absolute atomic E-state index is 10.9. The normalized spacial score (nSPS) is 10.3. The molecule has 0 fully saturated rings. The van der Waals surface area contributed by atoms with Crippen LogP contribution >= 0.6 is 0 Å². The molecular weight excluding hydrogens is 206 g/mol. The first kappa shape index (κ1) is 10.4. The standard InChI is InChI=1S/C12H11NO3/c1-8(14)6-10-7-16-12(13-10)9-2-4-11(15)5-3-9/h2-5,7,15H,6H2,1H3. The monoisotopic (exact) mass is 217 g/mol. The third-order valence-electron chi connectivity index (χ3n) is 2.10. The fourth-order valence-corrected chi connectivity index (χ4v) is 1.38. The molecule has 4 heteroatoms. The molecule has 1 heterocycles. The molecule has 1 aromatic heterocycles. The van der Waals surface area contributed by atoms with Gasteiger partial charge in [0.25, 0.3) is 0 Å². The van der Waals surface area contributed by atoms with Crippen LogP contribution < -0.4 is 0 Å². The quantitative estimate of drug-likeness (QED) is 0.855. The van der Waals surface area contributed by atoms with Crippen molar-refractivity contribution in [2.24, 2.45) is 0 Å². The van der Waals surface area contributed by atoms with Crippen LogP contribution in [-0.2, 0) is 11.2 Å². The fourth-order valence-electron chi connectivity index (χ4n) is 1.38. The van der Waals surface area contributed by atoms with E-state index in [2.05, 4.69) is 4.98 Å². The van der Waals surface area contributed by atoms with Crippen LogP contribution in [0, 0.1) is 0 Å². The molecule has 0 radical (unpaired) electrons. The summed E-state index contributed by atoms with van der Waals surface area (Å²) in [5, 5.41) is 9.13. The summed E-state index contributed by atoms with van der Waals surface area (Å²) < 4.78 is 5.25. The maximum Gasteiger partial charge on any atom is 0.226 e. The van der Waals surface area contributed by atoms with Crippen molar-refractivity contribution < 1.29 is 14.3 Å². The minimum Gasteiger partial charge on any atom is -0.508 e. The van der Waals surface area contributed by atoms with E-state index < -0.39 is 0 Å². The summed E-state index contributed by atoms with van der Waals surface area (Å²) in [7, 11) is 0. The third-order valence-corrected chi connectivity index (χ3v) is 2.10. The van der Waals surface area contributed by atoms with Crippen LogP contribution in [0.5, 0.6) is 5.75 Å². The van der Waals surface area contributed by atoms with Gasteiger partial charge in [0, 0.05) is 5.56 Å². The Morgan fingerprint density at radius 1 is 1.38 bits per heavy atom. The topological polar surface area (TPSA) is 63.3 Å². The number of hydrogen-bond donors (Lipinski definition) is 1. The van der Waals surface area contributed by atoms with Gasteiger partial charge in [-0.05, 0) is 31.2 Å². The van der Waals surface area contributed by atoms with E-state index in [1.54, 1.807) is 24.3 Å². The predicted molar refractivity (Wildman–Crippen MR) is 58.0 cm³/mol. The summed E-state index contributed by atoms with van der Waals surface area (Å²) in [5.41, 5.74) is 1.39. The Hall–Kier alpha value is -2.10. The van der Waals surface area contributed by atoms with Gasteiger partial charge in [-0.2, -0.15) is 0 Å². The zero-order valence-corrected chi connectivity index (χ0v) is 8.80. The largest absolute Gasteiger partial charge is 0.508 e. The lowest BCUT2D eigenvalue weighted by atomic mass is 10.2. The van der Waals surface area contributed by atoms with Crippen LogP contribution in [-0.4, -0.2) is 15.9 Å². The van der Waals surface area contributed by atoms with E-state index in [4.69, 9.17) is 9.52 Å². The Bertz CT molecular complexity index is 499. The molecule has 16 heavy (non-hydrogen) atoms. The van der Waals surface area contributed by atoms with Gasteiger partial charge in [-0.25, -0.2) is 4.98 Å². The molecule has 0 saturated heterocycles. The molecule has 0 saturated carbocycles. The number of benzene rings is 1. The minimum absolute atomic E-state index is 0.0468. The number of phenols is 1. The van der Waals surface area contributed by atoms with Crippen molar-refractivity contribution in [2.45, 2.75) is 13.3 Å². The van der Waals surface area contributed by atoms with Crippen molar-refractivity contribution >= 4 is 5.78 Å². The maximum atomic E-state index is 10.9. The lowest BCUT2D eigenvalue weighted by Gasteiger charge is -1.94. The number of aromatic hydroxyl groups is 1. The summed E-state index contributed by atoms with van der Waals surface area (Å²) in [6.07, 6.45) is 1.76. The van der Waals surface area contributed by atoms with Gasteiger partial charge in [-0.1, -0.05) is 0 Å². The van der Waals surface area contributed by atoms with E-state index in [1.807, 2.05) is 0 Å². The second-order valence-corrected chi connectivity index (χ2v) is 3.57. The van der Waals surface area contributed by atoms with Crippen molar-refractivity contribution in [1.82, 2.24) is 4.98 Å². The highest BCUT2D eigenvalue weighted by molar-refractivity contribution is 5.77. The van der Waals surface area contributed by atoms with Crippen molar-refractivity contribution in [3.8, 4) is 17.2 Å². The molecule has 0 spiro atoms. The Labute approximate surface area is 92.6 Å². The van der Waals surface area contributed by atoms with E-state index in [0.717, 1.165) is 5.56 Å². The molecule has 82 valence electrons. The molecule has 0 aliphatic heterocycles. The number of oxazole rings is 1. The molecule has 2 rings (SSSR count). The number of aromatic nitrogens is 1. The Morgan fingerprint density at radius 2 is 2.06 bits per heavy atom. The summed E-state index contributed by atoms with van der Waals surface area (Å²) in [6, 6.07) is 6.53. The molecule has 0 atom stereocenters. The second-order valence-electron chi connectivity index (χ2n) is 3.57. The zero-order chi connectivity index (χ0) is 11.5. The highest BCUT2D eigenvalue weighted by Gasteiger charge is 2.07. The lowest BCUT2D eigenvalue weighted by molar-refractivity contribution is -0.116. The van der Waals surface area contributed by atoms with Crippen LogP contribution in [0.25, 0.3) is 11.5 Å². The summed E-state index contributed by atoms with van der Waals surface area (Å²) in [4.78, 5) is 15.1. The fraction of sp³-hybridized carbons (Fsp3) is 0.167. The van der Waals surface area contributed by atoms with Gasteiger partial charge in [0.05, 0.1) is 12.1 Å². The SMILES string of the molecule is CC(=O)Cc1coc(-c2ccc(O)cc2)n1. The summed E-state index contributed by atoms with van der Waals surface area (Å²) in [6.45, 7) is 1.51. The third kappa shape index (κ3) is 2.28. The zero-order valence-electron chi connectivity index (χ0n) is 8.80. The molecule has 0 aliphatic rings. The summed E-state index contributed by atoms with van der Waals surface area (Å²) in [5.74, 6) is 0.695. The van der Waals surface area contributed by atoms with E-state index in [0.29, 0.717) is 11.6 Å². The average molecular weight is 217 g/mol. The Kier molecular flexibility index (Phi) is 2.72. The van der Waals surface area contributed by atoms with Gasteiger partial charge in [0.1, 0.15) is 17.8 Å². The first-order chi connectivity index (χ1) is 7.65. The van der Waals surface area contributed by atoms with E-state index in [1.165, 1.54) is 13.2 Å². The Morgan fingerprint density at radius 3 is 2.69 bits per heavy atom. The smallest absolute Gasteiger partial charge is 0.226 e. The molecule has 1 aromatic carbocycles. The van der Waals surface area contributed by atoms with Gasteiger partial charge >= 0.3 is 0 Å². The van der Waals surface area contributed by atoms with Gasteiger partial charge in [0.2, 0.25) is 5.89 Å². The van der Waals surface area contributed by atoms with Crippen LogP contribution in [0.3, 0.4) is 0 Å². The molecule has 1 N–H and O–H groups in total. The first-order valence-electron chi connectivity index (χ1n) is 4.88. The number of carbonyl (C=O) groups excluding carboxylic acids is 1. The predicted octanol–water partition coefficient (Wildman–Crippen LogP) is 2.18. The molecule has 0 unspecified atom stereocenters. The van der Waals surface area contributed by atoms with Gasteiger partial charge < -0.3 is 9.52 Å². The second kappa shape index (κ2) is 4.18. The van der Waals surface area contributed by atoms with Crippen LogP contribution in [0.2, 0.25) is 0 Å². The number of carbonyl (C=O) groups is 1. The molecule has 4 nitrogen and oxygen atoms in total. The highest BCUT2D eigenvalue weighted by Crippen LogP contribution is 2.21. The number of ketones is 1. The molecule has 0 amide bonds. The highest BCUT2D eigenvalue weighted by atomic mass is 16.3. The summed E-state index contributed by atoms with van der Waals surface area (Å²) >= 11 is 0. The van der Waals surface area contributed by atoms with Gasteiger partial charge in [-0.3, -0.25) is 4.79 Å². The van der Waals surface area contributed by atoms with Crippen molar-refractivity contribution in [1.29, 1.82) is 0 Å². The van der Waals surface area contributed by atoms with Crippen LogP contribution in [0.4, 0.5) is 0 Å². The van der Waals surface area contributed by atoms with Gasteiger partial charge in [0.15, 0.2) is 0 Å².